The lowest BCUT2D eigenvalue weighted by atomic mass is 9.97. The van der Waals surface area contributed by atoms with Gasteiger partial charge in [0.1, 0.15) is 0 Å². The van der Waals surface area contributed by atoms with Gasteiger partial charge in [-0.1, -0.05) is 18.6 Å². The Morgan fingerprint density at radius 3 is 2.25 bits per heavy atom. The molecule has 0 radical (unpaired) electrons. The first kappa shape index (κ1) is 9.79. The van der Waals surface area contributed by atoms with Gasteiger partial charge in [0.05, 0.1) is 0 Å². The number of piperidine rings is 1. The summed E-state index contributed by atoms with van der Waals surface area (Å²) in [4.78, 5) is 2.58. The highest BCUT2D eigenvalue weighted by atomic mass is 15.2. The van der Waals surface area contributed by atoms with Crippen LogP contribution in [0.5, 0.6) is 0 Å². The molecule has 1 heteroatoms. The summed E-state index contributed by atoms with van der Waals surface area (Å²) < 4.78 is 0. The molecule has 2 unspecified atom stereocenters. The number of hydrogen-bond acceptors (Lipinski definition) is 1. The van der Waals surface area contributed by atoms with Crippen LogP contribution in [0.1, 0.15) is 40.0 Å². The maximum absolute atomic E-state index is 3.98. The zero-order valence-corrected chi connectivity index (χ0v) is 8.64. The van der Waals surface area contributed by atoms with E-state index < -0.39 is 0 Å². The van der Waals surface area contributed by atoms with Gasteiger partial charge in [0.2, 0.25) is 0 Å². The van der Waals surface area contributed by atoms with Crippen LogP contribution in [-0.4, -0.2) is 23.5 Å². The van der Waals surface area contributed by atoms with Gasteiger partial charge in [0, 0.05) is 18.6 Å². The molecule has 12 heavy (non-hydrogen) atoms. The summed E-state index contributed by atoms with van der Waals surface area (Å²) in [7, 11) is 0. The van der Waals surface area contributed by atoms with Gasteiger partial charge in [-0.3, -0.25) is 4.90 Å². The van der Waals surface area contributed by atoms with Crippen molar-refractivity contribution in [2.75, 3.05) is 6.54 Å². The van der Waals surface area contributed by atoms with Crippen molar-refractivity contribution < 1.29 is 0 Å². The lowest BCUT2D eigenvalue weighted by Gasteiger charge is -2.39. The van der Waals surface area contributed by atoms with E-state index in [1.165, 1.54) is 24.8 Å². The molecule has 1 rings (SSSR count). The Morgan fingerprint density at radius 2 is 1.83 bits per heavy atom. The molecule has 0 spiro atoms. The first-order valence-electron chi connectivity index (χ1n) is 5.01. The Morgan fingerprint density at radius 1 is 1.33 bits per heavy atom. The van der Waals surface area contributed by atoms with E-state index in [0.717, 1.165) is 18.6 Å². The summed E-state index contributed by atoms with van der Waals surface area (Å²) >= 11 is 0. The minimum Gasteiger partial charge on any atom is -0.294 e. The molecule has 1 aliphatic rings. The van der Waals surface area contributed by atoms with Gasteiger partial charge in [-0.05, 0) is 33.6 Å². The van der Waals surface area contributed by atoms with Crippen molar-refractivity contribution >= 4 is 0 Å². The van der Waals surface area contributed by atoms with Gasteiger partial charge in [-0.2, -0.15) is 0 Å². The largest absolute Gasteiger partial charge is 0.294 e. The van der Waals surface area contributed by atoms with Crippen LogP contribution in [0.4, 0.5) is 0 Å². The fourth-order valence-electron chi connectivity index (χ4n) is 2.10. The topological polar surface area (TPSA) is 3.24 Å². The van der Waals surface area contributed by atoms with E-state index in [0.29, 0.717) is 0 Å². The van der Waals surface area contributed by atoms with E-state index in [-0.39, 0.29) is 0 Å². The van der Waals surface area contributed by atoms with E-state index in [4.69, 9.17) is 0 Å². The highest BCUT2D eigenvalue weighted by molar-refractivity contribution is 4.95. The number of rotatable bonds is 2. The van der Waals surface area contributed by atoms with Crippen molar-refractivity contribution in [3.05, 3.63) is 12.2 Å². The van der Waals surface area contributed by atoms with Crippen molar-refractivity contribution in [2.45, 2.75) is 52.1 Å². The van der Waals surface area contributed by atoms with Crippen LogP contribution < -0.4 is 0 Å². The molecule has 0 aliphatic carbocycles. The van der Waals surface area contributed by atoms with Gasteiger partial charge in [-0.15, -0.1) is 0 Å². The number of likely N-dealkylation sites (tertiary alicyclic amines) is 1. The summed E-state index contributed by atoms with van der Waals surface area (Å²) in [6, 6.07) is 1.51. The minimum atomic E-state index is 0.755. The molecule has 1 fully saturated rings. The van der Waals surface area contributed by atoms with Crippen molar-refractivity contribution in [1.82, 2.24) is 4.90 Å². The highest BCUT2D eigenvalue weighted by Gasteiger charge is 2.23. The summed E-state index contributed by atoms with van der Waals surface area (Å²) in [6.07, 6.45) is 4.12. The molecular weight excluding hydrogens is 146 g/mol. The zero-order chi connectivity index (χ0) is 9.14. The van der Waals surface area contributed by atoms with E-state index >= 15 is 0 Å². The smallest absolute Gasteiger partial charge is 0.0193 e. The van der Waals surface area contributed by atoms with Crippen LogP contribution in [0.15, 0.2) is 12.2 Å². The predicted molar refractivity (Wildman–Crippen MR) is 54.3 cm³/mol. The molecule has 0 aromatic heterocycles. The Kier molecular flexibility index (Phi) is 3.33. The molecule has 1 saturated heterocycles. The van der Waals surface area contributed by atoms with Gasteiger partial charge >= 0.3 is 0 Å². The highest BCUT2D eigenvalue weighted by Crippen LogP contribution is 2.22. The Hall–Kier alpha value is -0.300. The zero-order valence-electron chi connectivity index (χ0n) is 8.64. The molecule has 0 amide bonds. The fourth-order valence-corrected chi connectivity index (χ4v) is 2.10. The standard InChI is InChI=1S/C11H21N/c1-9(2)8-12-10(3)6-5-7-11(12)4/h10-11H,1,5-8H2,2-4H3. The predicted octanol–water partition coefficient (Wildman–Crippen LogP) is 2.83. The molecule has 1 nitrogen and oxygen atoms in total. The van der Waals surface area contributed by atoms with Crippen molar-refractivity contribution in [2.24, 2.45) is 0 Å². The van der Waals surface area contributed by atoms with Crippen LogP contribution in [0.2, 0.25) is 0 Å². The number of nitrogens with zero attached hydrogens (tertiary/aromatic N) is 1. The average Bonchev–Trinajstić information content (AvgIpc) is 1.97. The van der Waals surface area contributed by atoms with Crippen LogP contribution in [0, 0.1) is 0 Å². The second-order valence-corrected chi connectivity index (χ2v) is 4.26. The fraction of sp³-hybridized carbons (Fsp3) is 0.818. The first-order chi connectivity index (χ1) is 5.61. The van der Waals surface area contributed by atoms with Crippen LogP contribution in [0.3, 0.4) is 0 Å². The normalized spacial score (nSPS) is 31.9. The van der Waals surface area contributed by atoms with Crippen molar-refractivity contribution in [1.29, 1.82) is 0 Å². The summed E-state index contributed by atoms with van der Waals surface area (Å²) in [5.74, 6) is 0. The van der Waals surface area contributed by atoms with E-state index in [1.54, 1.807) is 0 Å². The minimum absolute atomic E-state index is 0.755. The summed E-state index contributed by atoms with van der Waals surface area (Å²) in [5, 5.41) is 0. The van der Waals surface area contributed by atoms with Crippen LogP contribution in [0.25, 0.3) is 0 Å². The SMILES string of the molecule is C=C(C)CN1C(C)CCCC1C. The average molecular weight is 167 g/mol. The lowest BCUT2D eigenvalue weighted by molar-refractivity contribution is 0.116. The monoisotopic (exact) mass is 167 g/mol. The van der Waals surface area contributed by atoms with E-state index in [1.807, 2.05) is 0 Å². The molecule has 2 atom stereocenters. The molecule has 0 aromatic rings. The third kappa shape index (κ3) is 2.34. The molecular formula is C11H21N. The maximum atomic E-state index is 3.98. The summed E-state index contributed by atoms with van der Waals surface area (Å²) in [6.45, 7) is 11.8. The van der Waals surface area contributed by atoms with Gasteiger partial charge in [0.25, 0.3) is 0 Å². The van der Waals surface area contributed by atoms with Crippen molar-refractivity contribution in [3.8, 4) is 0 Å². The van der Waals surface area contributed by atoms with Gasteiger partial charge in [0.15, 0.2) is 0 Å². The Balaban J connectivity index is 2.50. The van der Waals surface area contributed by atoms with E-state index in [2.05, 4.69) is 32.3 Å². The van der Waals surface area contributed by atoms with Gasteiger partial charge in [-0.25, -0.2) is 0 Å². The second-order valence-electron chi connectivity index (χ2n) is 4.26. The Bertz CT molecular complexity index is 152. The number of hydrogen-bond donors (Lipinski definition) is 0. The third-order valence-electron chi connectivity index (χ3n) is 2.83. The van der Waals surface area contributed by atoms with Crippen LogP contribution >= 0.6 is 0 Å². The van der Waals surface area contributed by atoms with Gasteiger partial charge < -0.3 is 0 Å². The Labute approximate surface area is 76.5 Å². The quantitative estimate of drug-likeness (QED) is 0.572. The van der Waals surface area contributed by atoms with E-state index in [9.17, 15) is 0 Å². The van der Waals surface area contributed by atoms with Crippen molar-refractivity contribution in [3.63, 3.8) is 0 Å². The summed E-state index contributed by atoms with van der Waals surface area (Å²) in [5.41, 5.74) is 1.29. The van der Waals surface area contributed by atoms with Crippen LogP contribution in [-0.2, 0) is 0 Å². The molecule has 0 bridgehead atoms. The molecule has 0 saturated carbocycles. The third-order valence-corrected chi connectivity index (χ3v) is 2.83. The molecule has 1 heterocycles. The molecule has 70 valence electrons. The molecule has 0 N–H and O–H groups in total. The maximum Gasteiger partial charge on any atom is 0.0193 e. The molecule has 0 aromatic carbocycles. The second kappa shape index (κ2) is 4.08. The molecule has 1 aliphatic heterocycles. The first-order valence-corrected chi connectivity index (χ1v) is 5.01. The lowest BCUT2D eigenvalue weighted by Crippen LogP contribution is -2.44.